The lowest BCUT2D eigenvalue weighted by Gasteiger charge is -2.23. The molecular formula is C10H23O5P. The van der Waals surface area contributed by atoms with E-state index in [1.807, 2.05) is 20.8 Å². The summed E-state index contributed by atoms with van der Waals surface area (Å²) in [6.45, 7) is 11.0. The van der Waals surface area contributed by atoms with Gasteiger partial charge in [0.1, 0.15) is 0 Å². The van der Waals surface area contributed by atoms with Crippen LogP contribution in [0.5, 0.6) is 0 Å². The van der Waals surface area contributed by atoms with Gasteiger partial charge >= 0.3 is 7.82 Å². The Balaban J connectivity index is 3.89. The monoisotopic (exact) mass is 254 g/mol. The van der Waals surface area contributed by atoms with Crippen molar-refractivity contribution in [2.24, 2.45) is 0 Å². The third-order valence-electron chi connectivity index (χ3n) is 1.26. The molecule has 0 spiro atoms. The molecule has 0 radical (unpaired) electrons. The summed E-state index contributed by atoms with van der Waals surface area (Å²) in [4.78, 5) is 9.34. The van der Waals surface area contributed by atoms with Crippen LogP contribution in [0.25, 0.3) is 0 Å². The van der Waals surface area contributed by atoms with Gasteiger partial charge in [-0.1, -0.05) is 0 Å². The molecular weight excluding hydrogens is 231 g/mol. The summed E-state index contributed by atoms with van der Waals surface area (Å²) in [7, 11) is -3.98. The first kappa shape index (κ1) is 16.1. The predicted molar refractivity (Wildman–Crippen MR) is 62.3 cm³/mol. The Bertz CT molecular complexity index is 251. The highest BCUT2D eigenvalue weighted by Crippen LogP contribution is 2.46. The number of hydrogen-bond acceptors (Lipinski definition) is 4. The molecule has 0 saturated heterocycles. The maximum Gasteiger partial charge on any atom is 0.472 e. The highest BCUT2D eigenvalue weighted by Gasteiger charge is 2.28. The normalized spacial score (nSPS) is 17.2. The summed E-state index contributed by atoms with van der Waals surface area (Å²) in [6.07, 6.45) is 0. The Kier molecular flexibility index (Phi) is 5.63. The average Bonchev–Trinajstić information content (AvgIpc) is 1.91. The molecule has 0 amide bonds. The van der Waals surface area contributed by atoms with E-state index < -0.39 is 13.4 Å². The number of phosphoric acid groups is 1. The number of rotatable bonds is 5. The fourth-order valence-corrected chi connectivity index (χ4v) is 1.92. The first-order chi connectivity index (χ1) is 6.91. The maximum atomic E-state index is 11.4. The highest BCUT2D eigenvalue weighted by atomic mass is 31.2. The predicted octanol–water partition coefficient (Wildman–Crippen LogP) is 2.73. The quantitative estimate of drug-likeness (QED) is 0.603. The van der Waals surface area contributed by atoms with Crippen LogP contribution in [0.15, 0.2) is 0 Å². The zero-order valence-electron chi connectivity index (χ0n) is 10.9. The van der Waals surface area contributed by atoms with Crippen molar-refractivity contribution >= 4 is 7.82 Å². The van der Waals surface area contributed by atoms with Gasteiger partial charge in [-0.15, -0.1) is 0 Å². The van der Waals surface area contributed by atoms with Gasteiger partial charge in [0.25, 0.3) is 0 Å². The summed E-state index contributed by atoms with van der Waals surface area (Å²) in [5.74, 6) is 0. The minimum Gasteiger partial charge on any atom is -0.373 e. The fraction of sp³-hybridized carbons (Fsp3) is 1.00. The molecule has 6 heteroatoms. The van der Waals surface area contributed by atoms with Crippen LogP contribution in [-0.4, -0.2) is 29.3 Å². The molecule has 16 heavy (non-hydrogen) atoms. The van der Waals surface area contributed by atoms with Gasteiger partial charge in [-0.3, -0.25) is 9.05 Å². The van der Waals surface area contributed by atoms with Gasteiger partial charge in [-0.2, -0.15) is 0 Å². The molecule has 0 fully saturated rings. The van der Waals surface area contributed by atoms with Gasteiger partial charge in [0.15, 0.2) is 0 Å². The summed E-state index contributed by atoms with van der Waals surface area (Å²) in [6, 6.07) is 0. The Morgan fingerprint density at radius 3 is 1.88 bits per heavy atom. The first-order valence-corrected chi connectivity index (χ1v) is 6.73. The molecule has 0 aromatic heterocycles. The lowest BCUT2D eigenvalue weighted by molar-refractivity contribution is -0.0254. The van der Waals surface area contributed by atoms with Crippen molar-refractivity contribution < 1.29 is 23.2 Å². The lowest BCUT2D eigenvalue weighted by atomic mass is 10.2. The molecule has 0 aromatic rings. The summed E-state index contributed by atoms with van der Waals surface area (Å²) < 4.78 is 26.4. The fourth-order valence-electron chi connectivity index (χ4n) is 0.873. The molecule has 1 unspecified atom stereocenters. The van der Waals surface area contributed by atoms with Crippen LogP contribution in [0.3, 0.4) is 0 Å². The number of phosphoric ester groups is 1. The van der Waals surface area contributed by atoms with Crippen molar-refractivity contribution in [2.45, 2.75) is 52.7 Å². The van der Waals surface area contributed by atoms with E-state index in [9.17, 15) is 9.46 Å². The molecule has 0 aliphatic heterocycles. The average molecular weight is 254 g/mol. The van der Waals surface area contributed by atoms with E-state index >= 15 is 0 Å². The number of ether oxygens (including phenoxy) is 1. The van der Waals surface area contributed by atoms with E-state index in [1.54, 1.807) is 20.8 Å². The second kappa shape index (κ2) is 5.61. The molecule has 0 aromatic carbocycles. The maximum absolute atomic E-state index is 11.4. The zero-order valence-corrected chi connectivity index (χ0v) is 11.8. The Morgan fingerprint density at radius 1 is 1.00 bits per heavy atom. The van der Waals surface area contributed by atoms with Crippen molar-refractivity contribution in [2.75, 3.05) is 13.2 Å². The molecule has 98 valence electrons. The molecule has 0 heterocycles. The van der Waals surface area contributed by atoms with Crippen LogP contribution < -0.4 is 0 Å². The van der Waals surface area contributed by atoms with Crippen molar-refractivity contribution in [3.63, 3.8) is 0 Å². The lowest BCUT2D eigenvalue weighted by Crippen LogP contribution is -2.22. The van der Waals surface area contributed by atoms with Crippen LogP contribution in [0, 0.1) is 0 Å². The summed E-state index contributed by atoms with van der Waals surface area (Å²) in [5.41, 5.74) is -0.997. The third-order valence-corrected chi connectivity index (χ3v) is 2.55. The van der Waals surface area contributed by atoms with E-state index in [-0.39, 0.29) is 18.8 Å². The van der Waals surface area contributed by atoms with Crippen LogP contribution in [0.1, 0.15) is 41.5 Å². The zero-order chi connectivity index (χ0) is 13.0. The van der Waals surface area contributed by atoms with Crippen molar-refractivity contribution in [3.8, 4) is 0 Å². The molecule has 1 N–H and O–H groups in total. The van der Waals surface area contributed by atoms with Crippen molar-refractivity contribution in [1.82, 2.24) is 0 Å². The van der Waals surface area contributed by atoms with Gasteiger partial charge in [0.2, 0.25) is 0 Å². The van der Waals surface area contributed by atoms with Crippen LogP contribution in [0.4, 0.5) is 0 Å². The molecule has 0 aliphatic rings. The highest BCUT2D eigenvalue weighted by molar-refractivity contribution is 7.47. The van der Waals surface area contributed by atoms with Crippen LogP contribution in [-0.2, 0) is 18.3 Å². The van der Waals surface area contributed by atoms with E-state index in [2.05, 4.69) is 0 Å². The smallest absolute Gasteiger partial charge is 0.373 e. The molecule has 0 saturated carbocycles. The Hall–Kier alpha value is 0.0700. The second-order valence-electron chi connectivity index (χ2n) is 5.47. The Labute approximate surface area is 97.7 Å². The second-order valence-corrected chi connectivity index (χ2v) is 6.84. The molecule has 0 bridgehead atoms. The SMILES string of the molecule is CC(C)(C)OCCOP(=O)(O)OC(C)(C)C. The third kappa shape index (κ3) is 10.6. The van der Waals surface area contributed by atoms with Crippen LogP contribution in [0.2, 0.25) is 0 Å². The number of hydrogen-bond donors (Lipinski definition) is 1. The minimum atomic E-state index is -3.98. The van der Waals surface area contributed by atoms with Gasteiger partial charge in [0.05, 0.1) is 24.4 Å². The molecule has 0 aliphatic carbocycles. The first-order valence-electron chi connectivity index (χ1n) is 5.23. The van der Waals surface area contributed by atoms with Gasteiger partial charge in [-0.25, -0.2) is 4.57 Å². The Morgan fingerprint density at radius 2 is 1.50 bits per heavy atom. The van der Waals surface area contributed by atoms with E-state index in [0.29, 0.717) is 0 Å². The van der Waals surface area contributed by atoms with Crippen molar-refractivity contribution in [1.29, 1.82) is 0 Å². The molecule has 0 rings (SSSR count). The summed E-state index contributed by atoms with van der Waals surface area (Å²) >= 11 is 0. The van der Waals surface area contributed by atoms with Gasteiger partial charge in [0, 0.05) is 0 Å². The van der Waals surface area contributed by atoms with Gasteiger partial charge in [-0.05, 0) is 41.5 Å². The topological polar surface area (TPSA) is 65.0 Å². The molecule has 1 atom stereocenters. The minimum absolute atomic E-state index is 0.0289. The largest absolute Gasteiger partial charge is 0.472 e. The van der Waals surface area contributed by atoms with E-state index in [0.717, 1.165) is 0 Å². The molecule has 5 nitrogen and oxygen atoms in total. The summed E-state index contributed by atoms with van der Waals surface area (Å²) in [5, 5.41) is 0. The standard InChI is InChI=1S/C10H23O5P/c1-9(2,3)13-7-8-14-16(11,12)15-10(4,5)6/h7-8H2,1-6H3,(H,11,12). The van der Waals surface area contributed by atoms with E-state index in [4.69, 9.17) is 13.8 Å². The van der Waals surface area contributed by atoms with E-state index in [1.165, 1.54) is 0 Å². The van der Waals surface area contributed by atoms with Gasteiger partial charge < -0.3 is 9.63 Å². The van der Waals surface area contributed by atoms with Crippen LogP contribution >= 0.6 is 7.82 Å². The van der Waals surface area contributed by atoms with Crippen molar-refractivity contribution in [3.05, 3.63) is 0 Å².